The van der Waals surface area contributed by atoms with E-state index in [-0.39, 0.29) is 51.4 Å². The van der Waals surface area contributed by atoms with E-state index in [1.165, 1.54) is 0 Å². The van der Waals surface area contributed by atoms with Crippen molar-refractivity contribution in [2.75, 3.05) is 32.8 Å². The molecular formula is C25H50FN9O10. The standard InChI is InChI=1S/C25H50FN9O10/c26-16-20(44-23-10(31)6-13(38)14(7-29)42-23)9(30)5-11(34-22(41)12(37)1-2-27)21(16)45-24-19(40)17(18(39)15(8-36)43-24)35-25(32)33-4-3-28/h9-21,23-24,36-40H,1-8,27-31H2,(H,34,41)(H3,32,33,35)/t9?,10-,11?,12-,13-,14?,15?,16?,17?,18?,19?,20?,21?,23?,24?/m0/s1. The summed E-state index contributed by atoms with van der Waals surface area (Å²) < 4.78 is 39.6. The van der Waals surface area contributed by atoms with Crippen molar-refractivity contribution < 1.29 is 53.7 Å². The van der Waals surface area contributed by atoms with Crippen LogP contribution in [0.1, 0.15) is 19.3 Å². The van der Waals surface area contributed by atoms with Crippen LogP contribution >= 0.6 is 0 Å². The highest BCUT2D eigenvalue weighted by atomic mass is 19.1. The summed E-state index contributed by atoms with van der Waals surface area (Å²) in [6.45, 7) is -0.397. The van der Waals surface area contributed by atoms with Gasteiger partial charge in [-0.05, 0) is 25.8 Å². The number of amides is 1. The lowest BCUT2D eigenvalue weighted by Gasteiger charge is -2.48. The minimum Gasteiger partial charge on any atom is -0.394 e. The number of nitrogens with one attached hydrogen (secondary N) is 4. The summed E-state index contributed by atoms with van der Waals surface area (Å²) >= 11 is 0. The Morgan fingerprint density at radius 1 is 0.956 bits per heavy atom. The van der Waals surface area contributed by atoms with Crippen LogP contribution in [0.5, 0.6) is 0 Å². The summed E-state index contributed by atoms with van der Waals surface area (Å²) in [5, 5.41) is 67.8. The molecule has 15 atom stereocenters. The predicted octanol–water partition coefficient (Wildman–Crippen LogP) is -7.34. The van der Waals surface area contributed by atoms with E-state index >= 15 is 4.39 Å². The highest BCUT2D eigenvalue weighted by Gasteiger charge is 2.53. The van der Waals surface area contributed by atoms with Crippen LogP contribution in [0.2, 0.25) is 0 Å². The molecule has 0 spiro atoms. The molecule has 3 rings (SSSR count). The molecular weight excluding hydrogens is 605 g/mol. The molecule has 0 aromatic rings. The average molecular weight is 656 g/mol. The molecule has 2 saturated heterocycles. The molecule has 3 fully saturated rings. The SMILES string of the molecule is N=C(NCCN)NC1C(O)C(CO)OC(OC2C(NC(=O)[C@@H](O)CCN)CC(N)C(OC3OC(CN)[C@@H](O)C[C@@H]3N)C2F)C1O. The molecule has 0 bridgehead atoms. The zero-order valence-corrected chi connectivity index (χ0v) is 24.9. The van der Waals surface area contributed by atoms with Crippen molar-refractivity contribution in [3.8, 4) is 0 Å². The number of nitrogens with two attached hydrogens (primary N) is 5. The van der Waals surface area contributed by atoms with Crippen molar-refractivity contribution in [3.63, 3.8) is 0 Å². The summed E-state index contributed by atoms with van der Waals surface area (Å²) in [7, 11) is 0. The number of ether oxygens (including phenoxy) is 4. The second-order valence-electron chi connectivity index (χ2n) is 11.5. The molecule has 19 N–H and O–H groups in total. The van der Waals surface area contributed by atoms with Crippen LogP contribution < -0.4 is 44.6 Å². The zero-order chi connectivity index (χ0) is 33.4. The van der Waals surface area contributed by atoms with Crippen LogP contribution in [0.15, 0.2) is 0 Å². The molecule has 0 aromatic heterocycles. The third-order valence-corrected chi connectivity index (χ3v) is 8.10. The van der Waals surface area contributed by atoms with Gasteiger partial charge in [0.15, 0.2) is 24.7 Å². The first-order valence-corrected chi connectivity index (χ1v) is 15.0. The number of halogens is 1. The van der Waals surface area contributed by atoms with Crippen LogP contribution in [-0.4, -0.2) is 162 Å². The third-order valence-electron chi connectivity index (χ3n) is 8.10. The van der Waals surface area contributed by atoms with Crippen molar-refractivity contribution in [2.24, 2.45) is 28.7 Å². The molecule has 1 saturated carbocycles. The summed E-state index contributed by atoms with van der Waals surface area (Å²) in [5.74, 6) is -1.17. The van der Waals surface area contributed by atoms with Crippen LogP contribution in [-0.2, 0) is 23.7 Å². The number of alkyl halides is 1. The van der Waals surface area contributed by atoms with Crippen molar-refractivity contribution >= 4 is 11.9 Å². The summed E-state index contributed by atoms with van der Waals surface area (Å²) in [4.78, 5) is 12.7. The molecule has 0 radical (unpaired) electrons. The molecule has 0 aromatic carbocycles. The second-order valence-corrected chi connectivity index (χ2v) is 11.5. The predicted molar refractivity (Wildman–Crippen MR) is 155 cm³/mol. The van der Waals surface area contributed by atoms with E-state index in [9.17, 15) is 30.3 Å². The second kappa shape index (κ2) is 17.3. The van der Waals surface area contributed by atoms with Crippen molar-refractivity contribution in [3.05, 3.63) is 0 Å². The summed E-state index contributed by atoms with van der Waals surface area (Å²) in [6, 6.07) is -4.46. The van der Waals surface area contributed by atoms with Gasteiger partial charge in [-0.3, -0.25) is 10.2 Å². The minimum atomic E-state index is -2.13. The fraction of sp³-hybridized carbons (Fsp3) is 0.920. The van der Waals surface area contributed by atoms with Crippen molar-refractivity contribution in [2.45, 2.75) is 111 Å². The van der Waals surface area contributed by atoms with Gasteiger partial charge in [-0.2, -0.15) is 0 Å². The van der Waals surface area contributed by atoms with E-state index in [0.29, 0.717) is 0 Å². The number of hydrogen-bond acceptors (Lipinski definition) is 16. The van der Waals surface area contributed by atoms with Gasteiger partial charge >= 0.3 is 0 Å². The average Bonchev–Trinajstić information content (AvgIpc) is 3.00. The van der Waals surface area contributed by atoms with Gasteiger partial charge in [0.1, 0.15) is 36.6 Å². The maximum Gasteiger partial charge on any atom is 0.249 e. The highest BCUT2D eigenvalue weighted by molar-refractivity contribution is 5.80. The third kappa shape index (κ3) is 9.35. The fourth-order valence-electron chi connectivity index (χ4n) is 5.61. The Balaban J connectivity index is 1.86. The first-order valence-electron chi connectivity index (χ1n) is 15.0. The normalized spacial score (nSPS) is 41.2. The van der Waals surface area contributed by atoms with Gasteiger partial charge in [0, 0.05) is 25.7 Å². The Morgan fingerprint density at radius 3 is 2.24 bits per heavy atom. The Hall–Kier alpha value is -1.89. The topological polar surface area (TPSA) is 345 Å². The van der Waals surface area contributed by atoms with E-state index in [0.717, 1.165) is 0 Å². The molecule has 2 aliphatic heterocycles. The van der Waals surface area contributed by atoms with E-state index < -0.39 is 104 Å². The molecule has 45 heavy (non-hydrogen) atoms. The molecule has 20 heteroatoms. The lowest BCUT2D eigenvalue weighted by molar-refractivity contribution is -0.311. The van der Waals surface area contributed by atoms with E-state index in [2.05, 4.69) is 16.0 Å². The summed E-state index contributed by atoms with van der Waals surface area (Å²) in [5.41, 5.74) is 29.0. The first kappa shape index (κ1) is 37.6. The van der Waals surface area contributed by atoms with Crippen LogP contribution in [0.4, 0.5) is 4.39 Å². The quantitative estimate of drug-likeness (QED) is 0.0647. The maximum atomic E-state index is 16.5. The molecule has 19 nitrogen and oxygen atoms in total. The zero-order valence-electron chi connectivity index (χ0n) is 24.9. The molecule has 3 aliphatic rings. The Morgan fingerprint density at radius 2 is 1.62 bits per heavy atom. The van der Waals surface area contributed by atoms with Gasteiger partial charge in [0.25, 0.3) is 0 Å². The number of rotatable bonds is 13. The van der Waals surface area contributed by atoms with E-state index in [1.54, 1.807) is 0 Å². The number of aliphatic hydroxyl groups is 5. The lowest BCUT2D eigenvalue weighted by Crippen LogP contribution is -2.69. The molecule has 1 aliphatic carbocycles. The van der Waals surface area contributed by atoms with Crippen LogP contribution in [0.25, 0.3) is 0 Å². The minimum absolute atomic E-state index is 0.00298. The van der Waals surface area contributed by atoms with Crippen molar-refractivity contribution in [1.29, 1.82) is 5.41 Å². The molecule has 1 amide bonds. The number of aliphatic hydroxyl groups excluding tert-OH is 5. The van der Waals surface area contributed by atoms with Gasteiger partial charge < -0.3 is 89.1 Å². The highest BCUT2D eigenvalue weighted by Crippen LogP contribution is 2.33. The fourth-order valence-corrected chi connectivity index (χ4v) is 5.61. The van der Waals surface area contributed by atoms with Gasteiger partial charge in [-0.1, -0.05) is 0 Å². The monoisotopic (exact) mass is 655 g/mol. The Kier molecular flexibility index (Phi) is 14.5. The van der Waals surface area contributed by atoms with Crippen LogP contribution in [0.3, 0.4) is 0 Å². The van der Waals surface area contributed by atoms with Gasteiger partial charge in [-0.25, -0.2) is 4.39 Å². The van der Waals surface area contributed by atoms with E-state index in [1.807, 2.05) is 0 Å². The number of guanidine groups is 1. The Bertz CT molecular complexity index is 950. The number of carbonyl (C=O) groups excluding carboxylic acids is 1. The number of carbonyl (C=O) groups is 1. The molecule has 262 valence electrons. The molecule has 12 unspecified atom stereocenters. The largest absolute Gasteiger partial charge is 0.394 e. The van der Waals surface area contributed by atoms with Crippen molar-refractivity contribution in [1.82, 2.24) is 16.0 Å². The maximum absolute atomic E-state index is 16.5. The van der Waals surface area contributed by atoms with Gasteiger partial charge in [0.2, 0.25) is 5.91 Å². The smallest absolute Gasteiger partial charge is 0.249 e. The van der Waals surface area contributed by atoms with Crippen LogP contribution in [0, 0.1) is 5.41 Å². The lowest BCUT2D eigenvalue weighted by atomic mass is 9.84. The van der Waals surface area contributed by atoms with Gasteiger partial charge in [-0.15, -0.1) is 0 Å². The Labute approximate surface area is 259 Å². The number of hydrogen-bond donors (Lipinski definition) is 14. The molecule has 2 heterocycles. The summed E-state index contributed by atoms with van der Waals surface area (Å²) in [6.07, 6.45) is -16.2. The van der Waals surface area contributed by atoms with Gasteiger partial charge in [0.05, 0.1) is 36.9 Å². The van der Waals surface area contributed by atoms with E-state index in [4.69, 9.17) is 53.0 Å². The first-order chi connectivity index (χ1) is 21.4.